The van der Waals surface area contributed by atoms with Crippen LogP contribution in [-0.2, 0) is 13.6 Å². The van der Waals surface area contributed by atoms with Gasteiger partial charge in [0.15, 0.2) is 0 Å². The van der Waals surface area contributed by atoms with Crippen molar-refractivity contribution in [2.75, 3.05) is 0 Å². The summed E-state index contributed by atoms with van der Waals surface area (Å²) < 4.78 is 24.6. The van der Waals surface area contributed by atoms with Crippen LogP contribution in [0.25, 0.3) is 0 Å². The van der Waals surface area contributed by atoms with E-state index in [4.69, 9.17) is 9.05 Å². The number of aryl methyl sites for hydroxylation is 1. The third-order valence-corrected chi connectivity index (χ3v) is 4.65. The zero-order chi connectivity index (χ0) is 14.9. The Morgan fingerprint density at radius 1 is 0.842 bits per heavy atom. The maximum Gasteiger partial charge on any atom is 0.362 e. The van der Waals surface area contributed by atoms with Crippen LogP contribution in [0.1, 0.15) is 47.1 Å². The zero-order valence-corrected chi connectivity index (χ0v) is 13.9. The smallest absolute Gasteiger partial charge is 0.299 e. The van der Waals surface area contributed by atoms with E-state index in [0.29, 0.717) is 5.30 Å². The molecular weight excluding hydrogens is 259 g/mol. The lowest BCUT2D eigenvalue weighted by atomic mass is 10.2. The van der Waals surface area contributed by atoms with Gasteiger partial charge in [0.1, 0.15) is 0 Å². The van der Waals surface area contributed by atoms with Gasteiger partial charge in [-0.1, -0.05) is 17.7 Å². The minimum absolute atomic E-state index is 0.536. The Morgan fingerprint density at radius 3 is 1.53 bits per heavy atom. The SMILES string of the molecule is Cc1ccc(P(=O)(OC(C)(C)C)OC(C)(C)C)cc1. The molecular formula is C15H25O3P. The molecule has 19 heavy (non-hydrogen) atoms. The molecule has 0 radical (unpaired) electrons. The highest BCUT2D eigenvalue weighted by Gasteiger charge is 2.36. The van der Waals surface area contributed by atoms with Crippen LogP contribution in [0.4, 0.5) is 0 Å². The van der Waals surface area contributed by atoms with Gasteiger partial charge in [0.2, 0.25) is 0 Å². The quantitative estimate of drug-likeness (QED) is 0.769. The highest BCUT2D eigenvalue weighted by Crippen LogP contribution is 2.53. The fourth-order valence-electron chi connectivity index (χ4n) is 1.57. The molecule has 0 spiro atoms. The third-order valence-electron chi connectivity index (χ3n) is 2.14. The monoisotopic (exact) mass is 284 g/mol. The molecule has 1 rings (SSSR count). The van der Waals surface area contributed by atoms with Gasteiger partial charge in [-0.2, -0.15) is 0 Å². The first-order valence-electron chi connectivity index (χ1n) is 6.50. The second kappa shape index (κ2) is 5.40. The molecule has 0 bridgehead atoms. The van der Waals surface area contributed by atoms with Crippen molar-refractivity contribution < 1.29 is 13.6 Å². The minimum Gasteiger partial charge on any atom is -0.299 e. The van der Waals surface area contributed by atoms with Gasteiger partial charge in [0.25, 0.3) is 0 Å². The van der Waals surface area contributed by atoms with Gasteiger partial charge in [0, 0.05) is 0 Å². The Labute approximate surface area is 116 Å². The highest BCUT2D eigenvalue weighted by molar-refractivity contribution is 7.62. The van der Waals surface area contributed by atoms with E-state index in [-0.39, 0.29) is 0 Å². The van der Waals surface area contributed by atoms with Crippen molar-refractivity contribution in [1.82, 2.24) is 0 Å². The maximum absolute atomic E-state index is 13.1. The molecule has 0 N–H and O–H groups in total. The molecule has 1 aromatic rings. The van der Waals surface area contributed by atoms with E-state index in [1.54, 1.807) is 0 Å². The molecule has 0 saturated carbocycles. The first kappa shape index (κ1) is 16.4. The summed E-state index contributed by atoms with van der Waals surface area (Å²) in [4.78, 5) is 0. The van der Waals surface area contributed by atoms with Crippen molar-refractivity contribution in [1.29, 1.82) is 0 Å². The van der Waals surface area contributed by atoms with Gasteiger partial charge < -0.3 is 0 Å². The van der Waals surface area contributed by atoms with E-state index in [0.717, 1.165) is 5.56 Å². The van der Waals surface area contributed by atoms with E-state index in [1.807, 2.05) is 72.7 Å². The van der Waals surface area contributed by atoms with Gasteiger partial charge in [0.05, 0.1) is 16.5 Å². The number of hydrogen-bond acceptors (Lipinski definition) is 3. The van der Waals surface area contributed by atoms with Crippen molar-refractivity contribution in [2.45, 2.75) is 59.7 Å². The van der Waals surface area contributed by atoms with E-state index in [2.05, 4.69) is 0 Å². The fraction of sp³-hybridized carbons (Fsp3) is 0.600. The summed E-state index contributed by atoms with van der Waals surface area (Å²) in [6.07, 6.45) is 0. The Balaban J connectivity index is 3.19. The van der Waals surface area contributed by atoms with Crippen molar-refractivity contribution >= 4 is 12.9 Å². The average Bonchev–Trinajstić information content (AvgIpc) is 2.11. The summed E-state index contributed by atoms with van der Waals surface area (Å²) in [5.74, 6) is 0. The van der Waals surface area contributed by atoms with E-state index >= 15 is 0 Å². The largest absolute Gasteiger partial charge is 0.362 e. The van der Waals surface area contributed by atoms with Crippen molar-refractivity contribution in [2.24, 2.45) is 0 Å². The second-order valence-corrected chi connectivity index (χ2v) is 8.62. The van der Waals surface area contributed by atoms with Crippen molar-refractivity contribution in [3.8, 4) is 0 Å². The summed E-state index contributed by atoms with van der Waals surface area (Å²) in [6, 6.07) is 7.46. The molecule has 0 atom stereocenters. The standard InChI is InChI=1S/C15H25O3P/c1-12-8-10-13(11-9-12)19(16,17-14(2,3)4)18-15(5,6)7/h8-11H,1-7H3. The molecule has 0 saturated heterocycles. The third kappa shape index (κ3) is 5.48. The van der Waals surface area contributed by atoms with Crippen LogP contribution in [0.3, 0.4) is 0 Å². The summed E-state index contributed by atoms with van der Waals surface area (Å²) >= 11 is 0. The Hall–Kier alpha value is -0.630. The molecule has 0 unspecified atom stereocenters. The van der Waals surface area contributed by atoms with Crippen molar-refractivity contribution in [3.05, 3.63) is 29.8 Å². The molecule has 4 heteroatoms. The van der Waals surface area contributed by atoms with Crippen LogP contribution in [0.15, 0.2) is 24.3 Å². The van der Waals surface area contributed by atoms with Crippen LogP contribution in [0.5, 0.6) is 0 Å². The maximum atomic E-state index is 13.1. The first-order valence-corrected chi connectivity index (χ1v) is 8.04. The van der Waals surface area contributed by atoms with E-state index < -0.39 is 18.8 Å². The van der Waals surface area contributed by atoms with Gasteiger partial charge in [-0.05, 0) is 60.6 Å². The van der Waals surface area contributed by atoms with Crippen LogP contribution >= 0.6 is 7.60 Å². The van der Waals surface area contributed by atoms with Crippen LogP contribution < -0.4 is 5.30 Å². The lowest BCUT2D eigenvalue weighted by Crippen LogP contribution is -2.28. The van der Waals surface area contributed by atoms with Gasteiger partial charge in [-0.3, -0.25) is 13.6 Å². The average molecular weight is 284 g/mol. The molecule has 0 aliphatic carbocycles. The van der Waals surface area contributed by atoms with Gasteiger partial charge >= 0.3 is 7.60 Å². The lowest BCUT2D eigenvalue weighted by Gasteiger charge is -2.32. The predicted octanol–water partition coefficient (Wildman–Crippen LogP) is 4.44. The zero-order valence-electron chi connectivity index (χ0n) is 13.0. The lowest BCUT2D eigenvalue weighted by molar-refractivity contribution is 0.0548. The predicted molar refractivity (Wildman–Crippen MR) is 80.1 cm³/mol. The molecule has 0 aromatic heterocycles. The van der Waals surface area contributed by atoms with Crippen LogP contribution in [-0.4, -0.2) is 11.2 Å². The summed E-state index contributed by atoms with van der Waals surface area (Å²) in [5, 5.41) is 0.600. The number of benzene rings is 1. The molecule has 1 aromatic carbocycles. The fourth-order valence-corrected chi connectivity index (χ4v) is 3.78. The Kier molecular flexibility index (Phi) is 4.66. The van der Waals surface area contributed by atoms with Crippen LogP contribution in [0, 0.1) is 6.92 Å². The van der Waals surface area contributed by atoms with Crippen LogP contribution in [0.2, 0.25) is 0 Å². The summed E-state index contributed by atoms with van der Waals surface area (Å²) in [5.41, 5.74) is 0.0407. The summed E-state index contributed by atoms with van der Waals surface area (Å²) in [6.45, 7) is 13.2. The van der Waals surface area contributed by atoms with E-state index in [9.17, 15) is 4.57 Å². The first-order chi connectivity index (χ1) is 8.41. The Bertz CT molecular complexity index is 444. The van der Waals surface area contributed by atoms with E-state index in [1.165, 1.54) is 0 Å². The van der Waals surface area contributed by atoms with Gasteiger partial charge in [-0.15, -0.1) is 0 Å². The molecule has 0 heterocycles. The normalized spacial score (nSPS) is 13.6. The highest BCUT2D eigenvalue weighted by atomic mass is 31.2. The topological polar surface area (TPSA) is 35.5 Å². The minimum atomic E-state index is -3.33. The number of rotatable bonds is 3. The van der Waals surface area contributed by atoms with Gasteiger partial charge in [-0.25, -0.2) is 0 Å². The number of hydrogen-bond donors (Lipinski definition) is 0. The molecule has 0 fully saturated rings. The second-order valence-electron chi connectivity index (χ2n) is 6.74. The molecule has 0 aliphatic heterocycles. The molecule has 3 nitrogen and oxygen atoms in total. The Morgan fingerprint density at radius 2 is 1.21 bits per heavy atom. The molecule has 0 amide bonds. The molecule has 108 valence electrons. The molecule has 0 aliphatic rings. The summed E-state index contributed by atoms with van der Waals surface area (Å²) in [7, 11) is -3.33. The van der Waals surface area contributed by atoms with Crippen molar-refractivity contribution in [3.63, 3.8) is 0 Å².